The van der Waals surface area contributed by atoms with E-state index in [0.717, 1.165) is 48.9 Å². The van der Waals surface area contributed by atoms with Crippen LogP contribution in [0, 0.1) is 6.92 Å². The summed E-state index contributed by atoms with van der Waals surface area (Å²) in [5.41, 5.74) is 4.12. The summed E-state index contributed by atoms with van der Waals surface area (Å²) >= 11 is 1.55. The molecule has 4 rings (SSSR count). The van der Waals surface area contributed by atoms with Gasteiger partial charge in [-0.25, -0.2) is 4.98 Å². The third-order valence-corrected chi connectivity index (χ3v) is 5.40. The van der Waals surface area contributed by atoms with Crippen LogP contribution in [-0.4, -0.2) is 33.2 Å². The molecule has 124 valence electrons. The summed E-state index contributed by atoms with van der Waals surface area (Å²) in [7, 11) is 0. The van der Waals surface area contributed by atoms with Gasteiger partial charge in [-0.1, -0.05) is 30.3 Å². The van der Waals surface area contributed by atoms with Crippen molar-refractivity contribution in [1.82, 2.24) is 20.1 Å². The molecule has 0 saturated carbocycles. The molecule has 0 amide bonds. The summed E-state index contributed by atoms with van der Waals surface area (Å²) in [4.78, 5) is 7.71. The average molecular weight is 340 g/mol. The van der Waals surface area contributed by atoms with Gasteiger partial charge < -0.3 is 4.42 Å². The number of aryl methyl sites for hydroxylation is 1. The van der Waals surface area contributed by atoms with Crippen LogP contribution in [0.3, 0.4) is 0 Å². The Morgan fingerprint density at radius 2 is 2.12 bits per heavy atom. The van der Waals surface area contributed by atoms with Gasteiger partial charge in [0.1, 0.15) is 4.88 Å². The van der Waals surface area contributed by atoms with Crippen molar-refractivity contribution in [2.75, 3.05) is 13.1 Å². The first kappa shape index (κ1) is 15.5. The number of rotatable bonds is 4. The molecule has 6 heteroatoms. The molecule has 3 aromatic rings. The van der Waals surface area contributed by atoms with E-state index in [9.17, 15) is 0 Å². The van der Waals surface area contributed by atoms with Crippen molar-refractivity contribution in [3.8, 4) is 10.8 Å². The van der Waals surface area contributed by atoms with E-state index in [2.05, 4.69) is 50.4 Å². The van der Waals surface area contributed by atoms with E-state index in [1.807, 2.05) is 12.4 Å². The minimum atomic E-state index is 0.317. The highest BCUT2D eigenvalue weighted by Crippen LogP contribution is 2.31. The van der Waals surface area contributed by atoms with Gasteiger partial charge in [0.15, 0.2) is 0 Å². The van der Waals surface area contributed by atoms with Crippen molar-refractivity contribution in [2.45, 2.75) is 32.2 Å². The highest BCUT2D eigenvalue weighted by Gasteiger charge is 2.26. The fourth-order valence-electron chi connectivity index (χ4n) is 3.24. The smallest absolute Gasteiger partial charge is 0.259 e. The summed E-state index contributed by atoms with van der Waals surface area (Å²) in [5, 5.41) is 8.55. The quantitative estimate of drug-likeness (QED) is 0.721. The second-order valence-corrected chi connectivity index (χ2v) is 7.13. The third-order valence-electron chi connectivity index (χ3n) is 4.48. The Hall–Kier alpha value is -2.05. The van der Waals surface area contributed by atoms with Crippen LogP contribution >= 0.6 is 11.3 Å². The minimum absolute atomic E-state index is 0.317. The standard InChI is InChI=1S/C18H20N4OS/c1-13-16(24-12-19-13)18-21-20-17(23-18)15-8-5-9-22(11-15)10-14-6-3-2-4-7-14/h2-4,6-7,12,15H,5,8-11H2,1H3/t15-/m0/s1. The number of likely N-dealkylation sites (tertiary alicyclic amines) is 1. The maximum Gasteiger partial charge on any atom is 0.259 e. The largest absolute Gasteiger partial charge is 0.419 e. The van der Waals surface area contributed by atoms with Gasteiger partial charge in [-0.05, 0) is 31.9 Å². The number of piperidine rings is 1. The van der Waals surface area contributed by atoms with Crippen LogP contribution < -0.4 is 0 Å². The predicted octanol–water partition coefficient (Wildman–Crippen LogP) is 3.88. The molecule has 1 fully saturated rings. The Bertz CT molecular complexity index is 798. The van der Waals surface area contributed by atoms with Crippen molar-refractivity contribution in [1.29, 1.82) is 0 Å². The second kappa shape index (κ2) is 6.83. The summed E-state index contributed by atoms with van der Waals surface area (Å²) in [5.74, 6) is 1.68. The van der Waals surface area contributed by atoms with Gasteiger partial charge in [0.2, 0.25) is 5.89 Å². The van der Waals surface area contributed by atoms with Crippen LogP contribution in [0.5, 0.6) is 0 Å². The van der Waals surface area contributed by atoms with Crippen LogP contribution in [0.15, 0.2) is 40.3 Å². The molecule has 3 heterocycles. The lowest BCUT2D eigenvalue weighted by molar-refractivity contribution is 0.186. The SMILES string of the molecule is Cc1ncsc1-c1nnc([C@H]2CCCN(Cc3ccccc3)C2)o1. The Kier molecular flexibility index (Phi) is 4.40. The van der Waals surface area contributed by atoms with Crippen molar-refractivity contribution < 1.29 is 4.42 Å². The zero-order valence-corrected chi connectivity index (χ0v) is 14.5. The normalized spacial score (nSPS) is 18.8. The molecule has 1 atom stereocenters. The van der Waals surface area contributed by atoms with E-state index in [1.54, 1.807) is 11.3 Å². The first-order valence-electron chi connectivity index (χ1n) is 8.30. The first-order valence-corrected chi connectivity index (χ1v) is 9.17. The molecular formula is C18H20N4OS. The summed E-state index contributed by atoms with van der Waals surface area (Å²) < 4.78 is 5.97. The van der Waals surface area contributed by atoms with Gasteiger partial charge >= 0.3 is 0 Å². The van der Waals surface area contributed by atoms with Gasteiger partial charge in [-0.2, -0.15) is 0 Å². The Balaban J connectivity index is 1.46. The second-order valence-electron chi connectivity index (χ2n) is 6.27. The Labute approximate surface area is 145 Å². The van der Waals surface area contributed by atoms with Gasteiger partial charge in [0.05, 0.1) is 17.1 Å². The van der Waals surface area contributed by atoms with E-state index in [4.69, 9.17) is 4.42 Å². The number of aromatic nitrogens is 3. The zero-order valence-electron chi connectivity index (χ0n) is 13.7. The van der Waals surface area contributed by atoms with E-state index in [1.165, 1.54) is 5.56 Å². The average Bonchev–Trinajstić information content (AvgIpc) is 3.25. The predicted molar refractivity (Wildman–Crippen MR) is 93.8 cm³/mol. The summed E-state index contributed by atoms with van der Waals surface area (Å²) in [6, 6.07) is 10.6. The number of hydrogen-bond donors (Lipinski definition) is 0. The molecule has 0 aliphatic carbocycles. The number of nitrogens with zero attached hydrogens (tertiary/aromatic N) is 4. The summed E-state index contributed by atoms with van der Waals surface area (Å²) in [6.45, 7) is 5.04. The lowest BCUT2D eigenvalue weighted by atomic mass is 9.97. The summed E-state index contributed by atoms with van der Waals surface area (Å²) in [6.07, 6.45) is 2.27. The molecule has 0 unspecified atom stereocenters. The molecule has 5 nitrogen and oxygen atoms in total. The first-order chi connectivity index (χ1) is 11.8. The van der Waals surface area contributed by atoms with Gasteiger partial charge in [-0.15, -0.1) is 21.5 Å². The highest BCUT2D eigenvalue weighted by molar-refractivity contribution is 7.13. The number of hydrogen-bond acceptors (Lipinski definition) is 6. The van der Waals surface area contributed by atoms with E-state index >= 15 is 0 Å². The Morgan fingerprint density at radius 1 is 1.25 bits per heavy atom. The molecule has 0 N–H and O–H groups in total. The molecule has 0 spiro atoms. The lowest BCUT2D eigenvalue weighted by Gasteiger charge is -2.31. The molecule has 0 radical (unpaired) electrons. The van der Waals surface area contributed by atoms with Crippen LogP contribution in [-0.2, 0) is 6.54 Å². The fraction of sp³-hybridized carbons (Fsp3) is 0.389. The molecule has 0 bridgehead atoms. The molecule has 1 aromatic carbocycles. The van der Waals surface area contributed by atoms with E-state index in [-0.39, 0.29) is 0 Å². The van der Waals surface area contributed by atoms with Crippen LogP contribution in [0.4, 0.5) is 0 Å². The Morgan fingerprint density at radius 3 is 2.92 bits per heavy atom. The zero-order chi connectivity index (χ0) is 16.4. The number of thiazole rings is 1. The molecule has 1 saturated heterocycles. The van der Waals surface area contributed by atoms with Crippen molar-refractivity contribution >= 4 is 11.3 Å². The molecule has 1 aliphatic heterocycles. The van der Waals surface area contributed by atoms with Crippen molar-refractivity contribution in [2.24, 2.45) is 0 Å². The maximum absolute atomic E-state index is 5.97. The maximum atomic E-state index is 5.97. The number of benzene rings is 1. The molecule has 1 aliphatic rings. The topological polar surface area (TPSA) is 55.1 Å². The molecule has 24 heavy (non-hydrogen) atoms. The monoisotopic (exact) mass is 340 g/mol. The van der Waals surface area contributed by atoms with E-state index in [0.29, 0.717) is 11.8 Å². The highest BCUT2D eigenvalue weighted by atomic mass is 32.1. The van der Waals surface area contributed by atoms with Gasteiger partial charge in [-0.3, -0.25) is 4.90 Å². The van der Waals surface area contributed by atoms with Gasteiger partial charge in [0, 0.05) is 13.1 Å². The van der Waals surface area contributed by atoms with Crippen LogP contribution in [0.1, 0.15) is 35.9 Å². The lowest BCUT2D eigenvalue weighted by Crippen LogP contribution is -2.34. The van der Waals surface area contributed by atoms with Crippen LogP contribution in [0.2, 0.25) is 0 Å². The fourth-order valence-corrected chi connectivity index (χ4v) is 3.96. The third kappa shape index (κ3) is 3.25. The van der Waals surface area contributed by atoms with Gasteiger partial charge in [0.25, 0.3) is 5.89 Å². The molecule has 2 aromatic heterocycles. The van der Waals surface area contributed by atoms with Crippen molar-refractivity contribution in [3.63, 3.8) is 0 Å². The van der Waals surface area contributed by atoms with E-state index < -0.39 is 0 Å². The minimum Gasteiger partial charge on any atom is -0.419 e. The molecular weight excluding hydrogens is 320 g/mol. The van der Waals surface area contributed by atoms with Crippen molar-refractivity contribution in [3.05, 3.63) is 53.0 Å². The van der Waals surface area contributed by atoms with Crippen LogP contribution in [0.25, 0.3) is 10.8 Å².